The molecule has 2 aromatic rings. The zero-order valence-corrected chi connectivity index (χ0v) is 17.2. The third-order valence-electron chi connectivity index (χ3n) is 6.93. The quantitative estimate of drug-likeness (QED) is 0.647. The second kappa shape index (κ2) is 6.27. The number of nitrogens with zero attached hydrogens (tertiary/aromatic N) is 2. The molecule has 152 valence electrons. The summed E-state index contributed by atoms with van der Waals surface area (Å²) >= 11 is 0. The molecule has 2 aliphatic heterocycles. The first-order valence-electron chi connectivity index (χ1n) is 10.1. The predicted octanol–water partition coefficient (Wildman–Crippen LogP) is 2.90. The number of imidazole rings is 1. The maximum absolute atomic E-state index is 11.8. The Morgan fingerprint density at radius 1 is 1.36 bits per heavy atom. The molecule has 28 heavy (non-hydrogen) atoms. The fourth-order valence-electron chi connectivity index (χ4n) is 5.37. The molecule has 1 aromatic heterocycles. The molecular formula is C21H31N5O2. The molecular weight excluding hydrogens is 354 g/mol. The molecule has 5 N–H and O–H groups in total. The van der Waals surface area contributed by atoms with Gasteiger partial charge >= 0.3 is 0 Å². The molecule has 7 heteroatoms. The van der Waals surface area contributed by atoms with Gasteiger partial charge in [-0.05, 0) is 78.0 Å². The first kappa shape index (κ1) is 19.4. The number of rotatable bonds is 4. The van der Waals surface area contributed by atoms with Crippen LogP contribution in [0.15, 0.2) is 18.2 Å². The number of para-hydroxylation sites is 1. The number of H-pyrrole nitrogens is 1. The minimum atomic E-state index is -0.466. The smallest absolute Gasteiger partial charge is 0.250 e. The number of nitrogens with one attached hydrogen (secondary N) is 2. The Bertz CT molecular complexity index is 911. The van der Waals surface area contributed by atoms with Crippen molar-refractivity contribution in [1.82, 2.24) is 20.3 Å². The standard InChI is InChI=1S/C21H31N5O2/c1-19(2)11-13(20(3,4)26(19)28)12-21(9-6-10-23-21)18-24-15-8-5-7-14(17(22)27)16(15)25-18/h5,7-8,13,23,28H,6,9-12H2,1-4H3,(H2,22,27)(H,24,25)/t13-,21?/m0/s1. The summed E-state index contributed by atoms with van der Waals surface area (Å²) in [5, 5.41) is 16.0. The third-order valence-corrected chi connectivity index (χ3v) is 6.93. The number of amides is 1. The van der Waals surface area contributed by atoms with E-state index < -0.39 is 5.91 Å². The molecule has 0 spiro atoms. The van der Waals surface area contributed by atoms with E-state index in [1.54, 1.807) is 6.07 Å². The average Bonchev–Trinajstić information content (AvgIpc) is 3.29. The van der Waals surface area contributed by atoms with Crippen LogP contribution in [-0.2, 0) is 5.54 Å². The van der Waals surface area contributed by atoms with Crippen molar-refractivity contribution in [1.29, 1.82) is 0 Å². The molecule has 4 rings (SSSR count). The topological polar surface area (TPSA) is 107 Å². The SMILES string of the molecule is CC1(C)C[C@@H](CC2(c3nc4c(C(N)=O)cccc4[nH]3)CCCN2)C(C)(C)N1O. The van der Waals surface area contributed by atoms with Crippen LogP contribution in [0.1, 0.15) is 69.6 Å². The van der Waals surface area contributed by atoms with Crippen molar-refractivity contribution in [3.8, 4) is 0 Å². The van der Waals surface area contributed by atoms with E-state index in [-0.39, 0.29) is 16.6 Å². The van der Waals surface area contributed by atoms with E-state index in [2.05, 4.69) is 38.0 Å². The maximum atomic E-state index is 11.8. The number of hydroxylamine groups is 2. The van der Waals surface area contributed by atoms with Gasteiger partial charge < -0.3 is 21.2 Å². The van der Waals surface area contributed by atoms with Gasteiger partial charge in [0.2, 0.25) is 0 Å². The molecule has 2 aliphatic rings. The summed E-state index contributed by atoms with van der Waals surface area (Å²) in [6.45, 7) is 9.32. The van der Waals surface area contributed by atoms with Crippen LogP contribution in [0.2, 0.25) is 0 Å². The zero-order chi connectivity index (χ0) is 20.3. The van der Waals surface area contributed by atoms with Gasteiger partial charge in [-0.25, -0.2) is 4.98 Å². The highest BCUT2D eigenvalue weighted by atomic mass is 16.5. The van der Waals surface area contributed by atoms with Crippen molar-refractivity contribution < 1.29 is 10.0 Å². The molecule has 0 bridgehead atoms. The number of nitrogens with two attached hydrogens (primary N) is 1. The average molecular weight is 386 g/mol. The van der Waals surface area contributed by atoms with Gasteiger partial charge in [-0.15, -0.1) is 0 Å². The summed E-state index contributed by atoms with van der Waals surface area (Å²) in [6.07, 6.45) is 3.81. The van der Waals surface area contributed by atoms with Gasteiger partial charge in [-0.2, -0.15) is 5.06 Å². The van der Waals surface area contributed by atoms with Crippen LogP contribution in [0.4, 0.5) is 0 Å². The van der Waals surface area contributed by atoms with Gasteiger partial charge in [-0.3, -0.25) is 4.79 Å². The summed E-state index contributed by atoms with van der Waals surface area (Å²) < 4.78 is 0. The third kappa shape index (κ3) is 2.84. The molecule has 1 unspecified atom stereocenters. The van der Waals surface area contributed by atoms with Crippen molar-refractivity contribution in [3.63, 3.8) is 0 Å². The molecule has 2 atom stereocenters. The molecule has 2 fully saturated rings. The van der Waals surface area contributed by atoms with Crippen LogP contribution >= 0.6 is 0 Å². The van der Waals surface area contributed by atoms with Crippen LogP contribution < -0.4 is 11.1 Å². The number of carbonyl (C=O) groups excluding carboxylic acids is 1. The number of hydrogen-bond donors (Lipinski definition) is 4. The van der Waals surface area contributed by atoms with Crippen LogP contribution in [-0.4, -0.2) is 43.8 Å². The van der Waals surface area contributed by atoms with Crippen molar-refractivity contribution in [2.45, 2.75) is 70.0 Å². The summed E-state index contributed by atoms with van der Waals surface area (Å²) in [6, 6.07) is 5.47. The second-order valence-corrected chi connectivity index (χ2v) is 9.65. The number of carbonyl (C=O) groups is 1. The van der Waals surface area contributed by atoms with E-state index in [1.807, 2.05) is 12.1 Å². The summed E-state index contributed by atoms with van der Waals surface area (Å²) in [7, 11) is 0. The molecule has 7 nitrogen and oxygen atoms in total. The summed E-state index contributed by atoms with van der Waals surface area (Å²) in [4.78, 5) is 20.1. The Balaban J connectivity index is 1.75. The van der Waals surface area contributed by atoms with E-state index in [9.17, 15) is 10.0 Å². The number of benzene rings is 1. The minimum absolute atomic E-state index is 0.263. The van der Waals surface area contributed by atoms with Gasteiger partial charge in [0.1, 0.15) is 11.3 Å². The number of fused-ring (bicyclic) bond motifs is 1. The van der Waals surface area contributed by atoms with Crippen LogP contribution in [0.5, 0.6) is 0 Å². The van der Waals surface area contributed by atoms with Crippen molar-refractivity contribution in [2.24, 2.45) is 11.7 Å². The molecule has 0 saturated carbocycles. The van der Waals surface area contributed by atoms with E-state index >= 15 is 0 Å². The molecule has 2 saturated heterocycles. The number of hydrogen-bond acceptors (Lipinski definition) is 5. The number of primary amides is 1. The Labute approximate surface area is 165 Å². The van der Waals surface area contributed by atoms with Crippen molar-refractivity contribution in [2.75, 3.05) is 6.54 Å². The lowest BCUT2D eigenvalue weighted by Gasteiger charge is -2.38. The van der Waals surface area contributed by atoms with Gasteiger partial charge in [-0.1, -0.05) is 6.07 Å². The van der Waals surface area contributed by atoms with E-state index in [0.717, 1.165) is 43.6 Å². The van der Waals surface area contributed by atoms with Crippen molar-refractivity contribution >= 4 is 16.9 Å². The van der Waals surface area contributed by atoms with Gasteiger partial charge in [0, 0.05) is 11.1 Å². The van der Waals surface area contributed by atoms with Crippen LogP contribution in [0.25, 0.3) is 11.0 Å². The lowest BCUT2D eigenvalue weighted by atomic mass is 9.76. The molecule has 0 aliphatic carbocycles. The van der Waals surface area contributed by atoms with E-state index in [4.69, 9.17) is 10.7 Å². The van der Waals surface area contributed by atoms with Crippen LogP contribution in [0, 0.1) is 5.92 Å². The highest BCUT2D eigenvalue weighted by Gasteiger charge is 2.54. The highest BCUT2D eigenvalue weighted by Crippen LogP contribution is 2.49. The largest absolute Gasteiger partial charge is 0.366 e. The lowest BCUT2D eigenvalue weighted by molar-refractivity contribution is -0.197. The summed E-state index contributed by atoms with van der Waals surface area (Å²) in [5.41, 5.74) is 6.56. The molecule has 0 radical (unpaired) electrons. The number of aromatic amines is 1. The Morgan fingerprint density at radius 3 is 2.68 bits per heavy atom. The molecule has 3 heterocycles. The molecule has 1 amide bonds. The summed E-state index contributed by atoms with van der Waals surface area (Å²) in [5.74, 6) is 0.687. The van der Waals surface area contributed by atoms with Gasteiger partial charge in [0.05, 0.1) is 16.6 Å². The van der Waals surface area contributed by atoms with E-state index in [1.165, 1.54) is 5.06 Å². The second-order valence-electron chi connectivity index (χ2n) is 9.65. The van der Waals surface area contributed by atoms with Gasteiger partial charge in [0.15, 0.2) is 0 Å². The highest BCUT2D eigenvalue weighted by molar-refractivity contribution is 6.04. The Morgan fingerprint density at radius 2 is 2.11 bits per heavy atom. The first-order chi connectivity index (χ1) is 13.1. The Kier molecular flexibility index (Phi) is 4.34. The zero-order valence-electron chi connectivity index (χ0n) is 17.2. The first-order valence-corrected chi connectivity index (χ1v) is 10.1. The Hall–Kier alpha value is -1.96. The normalized spacial score (nSPS) is 29.5. The fourth-order valence-corrected chi connectivity index (χ4v) is 5.37. The van der Waals surface area contributed by atoms with Gasteiger partial charge in [0.25, 0.3) is 5.91 Å². The van der Waals surface area contributed by atoms with E-state index in [0.29, 0.717) is 17.0 Å². The predicted molar refractivity (Wildman–Crippen MR) is 108 cm³/mol. The van der Waals surface area contributed by atoms with Crippen molar-refractivity contribution in [3.05, 3.63) is 29.6 Å². The maximum Gasteiger partial charge on any atom is 0.250 e. The minimum Gasteiger partial charge on any atom is -0.366 e. The van der Waals surface area contributed by atoms with Crippen LogP contribution in [0.3, 0.4) is 0 Å². The number of aromatic nitrogens is 2. The fraction of sp³-hybridized carbons (Fsp3) is 0.619. The molecule has 1 aromatic carbocycles. The monoisotopic (exact) mass is 385 g/mol. The lowest BCUT2D eigenvalue weighted by Crippen LogP contribution is -2.49.